The molecule has 1 unspecified atom stereocenters. The lowest BCUT2D eigenvalue weighted by Crippen LogP contribution is -2.31. The number of ether oxygens (including phenoxy) is 1. The van der Waals surface area contributed by atoms with E-state index in [9.17, 15) is 19.2 Å². The van der Waals surface area contributed by atoms with Crippen LogP contribution in [0, 0.1) is 0 Å². The van der Waals surface area contributed by atoms with E-state index in [-0.39, 0.29) is 18.9 Å². The zero-order valence-corrected chi connectivity index (χ0v) is 12.9. The van der Waals surface area contributed by atoms with Gasteiger partial charge in [-0.2, -0.15) is 0 Å². The van der Waals surface area contributed by atoms with Crippen molar-refractivity contribution in [3.8, 4) is 0 Å². The number of hydrogen-bond donors (Lipinski definition) is 3. The lowest BCUT2D eigenvalue weighted by Gasteiger charge is -2.13. The first-order chi connectivity index (χ1) is 10.8. The van der Waals surface area contributed by atoms with Gasteiger partial charge in [0.1, 0.15) is 0 Å². The lowest BCUT2D eigenvalue weighted by atomic mass is 10.2. The number of carbonyl (C=O) groups is 4. The monoisotopic (exact) mass is 321 g/mol. The van der Waals surface area contributed by atoms with Crippen molar-refractivity contribution in [2.24, 2.45) is 5.73 Å². The van der Waals surface area contributed by atoms with Gasteiger partial charge in [0, 0.05) is 24.7 Å². The van der Waals surface area contributed by atoms with Crippen LogP contribution in [0.4, 0.5) is 5.69 Å². The van der Waals surface area contributed by atoms with Gasteiger partial charge in [-0.3, -0.25) is 19.2 Å². The molecule has 0 aliphatic rings. The molecule has 1 atom stereocenters. The molecule has 0 spiro atoms. The Morgan fingerprint density at radius 2 is 1.78 bits per heavy atom. The molecule has 23 heavy (non-hydrogen) atoms. The summed E-state index contributed by atoms with van der Waals surface area (Å²) in [6.45, 7) is 2.92. The van der Waals surface area contributed by atoms with Crippen LogP contribution in [0.15, 0.2) is 24.3 Å². The molecule has 8 heteroatoms. The second-order valence-corrected chi connectivity index (χ2v) is 4.80. The molecule has 8 nitrogen and oxygen atoms in total. The lowest BCUT2D eigenvalue weighted by molar-refractivity contribution is -0.153. The molecule has 0 saturated carbocycles. The van der Waals surface area contributed by atoms with Crippen LogP contribution in [0.5, 0.6) is 0 Å². The van der Waals surface area contributed by atoms with Gasteiger partial charge in [-0.15, -0.1) is 0 Å². The van der Waals surface area contributed by atoms with Crippen molar-refractivity contribution >= 4 is 29.4 Å². The number of amides is 3. The van der Waals surface area contributed by atoms with Gasteiger partial charge in [0.05, 0.1) is 6.42 Å². The number of carbonyl (C=O) groups excluding carboxylic acids is 4. The zero-order valence-electron chi connectivity index (χ0n) is 12.9. The normalized spacial score (nSPS) is 11.2. The molecule has 0 fully saturated rings. The Hall–Kier alpha value is -2.90. The average Bonchev–Trinajstić information content (AvgIpc) is 2.47. The fourth-order valence-electron chi connectivity index (χ4n) is 1.61. The number of primary amides is 1. The standard InChI is InChI=1S/C15H19N3O5/c1-9(23-13(20)7-8-17-10(2)19)15(22)18-12-5-3-11(4-6-12)14(16)21/h3-6,9H,7-8H2,1-2H3,(H2,16,21)(H,17,19)(H,18,22). The molecule has 0 heterocycles. The van der Waals surface area contributed by atoms with Crippen molar-refractivity contribution < 1.29 is 23.9 Å². The largest absolute Gasteiger partial charge is 0.452 e. The highest BCUT2D eigenvalue weighted by Gasteiger charge is 2.17. The quantitative estimate of drug-likeness (QED) is 0.617. The van der Waals surface area contributed by atoms with Gasteiger partial charge in [0.2, 0.25) is 11.8 Å². The first kappa shape index (κ1) is 18.1. The van der Waals surface area contributed by atoms with E-state index in [0.717, 1.165) is 0 Å². The summed E-state index contributed by atoms with van der Waals surface area (Å²) in [7, 11) is 0. The van der Waals surface area contributed by atoms with Crippen LogP contribution in [-0.4, -0.2) is 36.3 Å². The molecule has 0 aromatic heterocycles. The molecule has 1 aromatic rings. The summed E-state index contributed by atoms with van der Waals surface area (Å²) < 4.78 is 4.95. The topological polar surface area (TPSA) is 128 Å². The highest BCUT2D eigenvalue weighted by Crippen LogP contribution is 2.10. The smallest absolute Gasteiger partial charge is 0.308 e. The number of rotatable bonds is 7. The van der Waals surface area contributed by atoms with Crippen LogP contribution in [0.25, 0.3) is 0 Å². The molecular formula is C15H19N3O5. The average molecular weight is 321 g/mol. The zero-order chi connectivity index (χ0) is 17.4. The van der Waals surface area contributed by atoms with Crippen molar-refractivity contribution in [3.05, 3.63) is 29.8 Å². The van der Waals surface area contributed by atoms with Crippen molar-refractivity contribution in [1.29, 1.82) is 0 Å². The predicted molar refractivity (Wildman–Crippen MR) is 82.4 cm³/mol. The summed E-state index contributed by atoms with van der Waals surface area (Å²) in [5.41, 5.74) is 5.88. The van der Waals surface area contributed by atoms with Crippen LogP contribution in [0.2, 0.25) is 0 Å². The predicted octanol–water partition coefficient (Wildman–Crippen LogP) is 0.182. The van der Waals surface area contributed by atoms with Crippen LogP contribution in [-0.2, 0) is 19.1 Å². The first-order valence-corrected chi connectivity index (χ1v) is 6.94. The summed E-state index contributed by atoms with van der Waals surface area (Å²) in [6.07, 6.45) is -1.01. The highest BCUT2D eigenvalue weighted by molar-refractivity contribution is 5.96. The van der Waals surface area contributed by atoms with E-state index in [2.05, 4.69) is 10.6 Å². The summed E-state index contributed by atoms with van der Waals surface area (Å²) in [6, 6.07) is 5.98. The van der Waals surface area contributed by atoms with Crippen LogP contribution < -0.4 is 16.4 Å². The number of anilines is 1. The van der Waals surface area contributed by atoms with E-state index < -0.39 is 23.9 Å². The minimum atomic E-state index is -0.990. The molecule has 0 aliphatic heterocycles. The van der Waals surface area contributed by atoms with Gasteiger partial charge in [-0.05, 0) is 31.2 Å². The van der Waals surface area contributed by atoms with Gasteiger partial charge in [-0.25, -0.2) is 0 Å². The molecular weight excluding hydrogens is 302 g/mol. The number of benzene rings is 1. The Labute approximate surface area is 133 Å². The van der Waals surface area contributed by atoms with Gasteiger partial charge >= 0.3 is 5.97 Å². The molecule has 3 amide bonds. The van der Waals surface area contributed by atoms with Crippen molar-refractivity contribution in [3.63, 3.8) is 0 Å². The molecule has 4 N–H and O–H groups in total. The Bertz CT molecular complexity index is 598. The molecule has 1 aromatic carbocycles. The van der Waals surface area contributed by atoms with E-state index in [1.165, 1.54) is 38.1 Å². The highest BCUT2D eigenvalue weighted by atomic mass is 16.5. The second-order valence-electron chi connectivity index (χ2n) is 4.80. The van der Waals surface area contributed by atoms with Gasteiger partial charge in [0.15, 0.2) is 6.10 Å². The fourth-order valence-corrected chi connectivity index (χ4v) is 1.61. The second kappa shape index (κ2) is 8.52. The molecule has 0 saturated heterocycles. The maximum Gasteiger partial charge on any atom is 0.308 e. The van der Waals surface area contributed by atoms with E-state index in [1.54, 1.807) is 0 Å². The molecule has 0 bridgehead atoms. The number of esters is 1. The van der Waals surface area contributed by atoms with Crippen molar-refractivity contribution in [1.82, 2.24) is 5.32 Å². The van der Waals surface area contributed by atoms with Gasteiger partial charge < -0.3 is 21.1 Å². The molecule has 0 radical (unpaired) electrons. The van der Waals surface area contributed by atoms with Crippen molar-refractivity contribution in [2.75, 3.05) is 11.9 Å². The third kappa shape index (κ3) is 6.60. The minimum Gasteiger partial charge on any atom is -0.452 e. The third-order valence-electron chi connectivity index (χ3n) is 2.82. The van der Waals surface area contributed by atoms with Gasteiger partial charge in [0.25, 0.3) is 5.91 Å². The summed E-state index contributed by atoms with van der Waals surface area (Å²) in [5, 5.41) is 5.00. The molecule has 1 rings (SSSR count). The van der Waals surface area contributed by atoms with E-state index >= 15 is 0 Å². The minimum absolute atomic E-state index is 0.0233. The maximum absolute atomic E-state index is 11.9. The number of hydrogen-bond acceptors (Lipinski definition) is 5. The maximum atomic E-state index is 11.9. The third-order valence-corrected chi connectivity index (χ3v) is 2.82. The van der Waals surface area contributed by atoms with E-state index in [1.807, 2.05) is 0 Å². The van der Waals surface area contributed by atoms with Crippen LogP contribution in [0.1, 0.15) is 30.6 Å². The molecule has 124 valence electrons. The van der Waals surface area contributed by atoms with E-state index in [0.29, 0.717) is 11.3 Å². The Morgan fingerprint density at radius 3 is 2.30 bits per heavy atom. The molecule has 0 aliphatic carbocycles. The Kier molecular flexibility index (Phi) is 6.72. The SMILES string of the molecule is CC(=O)NCCC(=O)OC(C)C(=O)Nc1ccc(C(N)=O)cc1. The van der Waals surface area contributed by atoms with E-state index in [4.69, 9.17) is 10.5 Å². The summed E-state index contributed by atoms with van der Waals surface area (Å²) in [5.74, 6) is -1.91. The Morgan fingerprint density at radius 1 is 1.17 bits per heavy atom. The summed E-state index contributed by atoms with van der Waals surface area (Å²) >= 11 is 0. The van der Waals surface area contributed by atoms with Crippen molar-refractivity contribution in [2.45, 2.75) is 26.4 Å². The number of nitrogens with one attached hydrogen (secondary N) is 2. The first-order valence-electron chi connectivity index (χ1n) is 6.94. The van der Waals surface area contributed by atoms with Crippen LogP contribution in [0.3, 0.4) is 0 Å². The van der Waals surface area contributed by atoms with Gasteiger partial charge in [-0.1, -0.05) is 0 Å². The number of nitrogens with two attached hydrogens (primary N) is 1. The fraction of sp³-hybridized carbons (Fsp3) is 0.333. The summed E-state index contributed by atoms with van der Waals surface area (Å²) in [4.78, 5) is 45.0. The Balaban J connectivity index is 2.45. The van der Waals surface area contributed by atoms with Crippen LogP contribution >= 0.6 is 0 Å².